The van der Waals surface area contributed by atoms with E-state index in [1.165, 1.54) is 0 Å². The van der Waals surface area contributed by atoms with Gasteiger partial charge in [-0.1, -0.05) is 18.2 Å². The minimum Gasteiger partial charge on any atom is -0.444 e. The Hall–Kier alpha value is -2.04. The zero-order chi connectivity index (χ0) is 16.2. The lowest BCUT2D eigenvalue weighted by atomic mass is 9.97. The van der Waals surface area contributed by atoms with E-state index in [0.717, 1.165) is 18.5 Å². The quantitative estimate of drug-likeness (QED) is 0.912. The molecule has 5 nitrogen and oxygen atoms in total. The van der Waals surface area contributed by atoms with Crippen molar-refractivity contribution in [2.45, 2.75) is 39.2 Å². The van der Waals surface area contributed by atoms with Crippen LogP contribution in [0.3, 0.4) is 0 Å². The van der Waals surface area contributed by atoms with Crippen LogP contribution in [0.25, 0.3) is 0 Å². The first-order valence-electron chi connectivity index (χ1n) is 7.69. The van der Waals surface area contributed by atoms with Crippen LogP contribution >= 0.6 is 0 Å². The van der Waals surface area contributed by atoms with E-state index >= 15 is 0 Å². The van der Waals surface area contributed by atoms with Crippen molar-refractivity contribution in [2.24, 2.45) is 5.92 Å². The number of rotatable bonds is 2. The molecule has 0 spiro atoms. The van der Waals surface area contributed by atoms with E-state index in [1.54, 1.807) is 4.90 Å². The molecule has 2 amide bonds. The fraction of sp³-hybridized carbons (Fsp3) is 0.529. The smallest absolute Gasteiger partial charge is 0.410 e. The Kier molecular flexibility index (Phi) is 5.06. The van der Waals surface area contributed by atoms with Gasteiger partial charge < -0.3 is 15.0 Å². The molecule has 0 aromatic heterocycles. The molecule has 0 aliphatic carbocycles. The topological polar surface area (TPSA) is 58.6 Å². The number of piperidine rings is 1. The molecule has 1 N–H and O–H groups in total. The van der Waals surface area contributed by atoms with Gasteiger partial charge in [0.1, 0.15) is 5.60 Å². The fourth-order valence-electron chi connectivity index (χ4n) is 2.45. The Balaban J connectivity index is 1.92. The average Bonchev–Trinajstić information content (AvgIpc) is 2.46. The summed E-state index contributed by atoms with van der Waals surface area (Å²) in [4.78, 5) is 26.1. The van der Waals surface area contributed by atoms with Gasteiger partial charge in [-0.15, -0.1) is 0 Å². The van der Waals surface area contributed by atoms with Gasteiger partial charge in [0.25, 0.3) is 0 Å². The van der Waals surface area contributed by atoms with Gasteiger partial charge in [-0.25, -0.2) is 4.79 Å². The van der Waals surface area contributed by atoms with E-state index in [2.05, 4.69) is 5.32 Å². The molecular weight excluding hydrogens is 280 g/mol. The zero-order valence-corrected chi connectivity index (χ0v) is 13.5. The Labute approximate surface area is 131 Å². The molecule has 2 rings (SSSR count). The molecule has 0 bridgehead atoms. The van der Waals surface area contributed by atoms with Crippen molar-refractivity contribution < 1.29 is 14.3 Å². The highest BCUT2D eigenvalue weighted by Crippen LogP contribution is 2.21. The maximum atomic E-state index is 12.3. The third-order valence-corrected chi connectivity index (χ3v) is 3.49. The van der Waals surface area contributed by atoms with Crippen molar-refractivity contribution in [3.8, 4) is 0 Å². The number of benzene rings is 1. The molecular formula is C17H24N2O3. The van der Waals surface area contributed by atoms with Crippen LogP contribution in [-0.2, 0) is 9.53 Å². The second-order valence-corrected chi connectivity index (χ2v) is 6.62. The summed E-state index contributed by atoms with van der Waals surface area (Å²) in [5.41, 5.74) is 0.262. The van der Waals surface area contributed by atoms with E-state index in [4.69, 9.17) is 4.74 Å². The van der Waals surface area contributed by atoms with Gasteiger partial charge in [0.15, 0.2) is 0 Å². The number of likely N-dealkylation sites (tertiary alicyclic amines) is 1. The molecule has 1 aliphatic heterocycles. The summed E-state index contributed by atoms with van der Waals surface area (Å²) in [6.07, 6.45) is 1.26. The molecule has 1 unspecified atom stereocenters. The molecule has 1 atom stereocenters. The highest BCUT2D eigenvalue weighted by molar-refractivity contribution is 5.93. The van der Waals surface area contributed by atoms with Gasteiger partial charge >= 0.3 is 6.09 Å². The number of hydrogen-bond donors (Lipinski definition) is 1. The minimum atomic E-state index is -0.518. The molecule has 1 saturated heterocycles. The highest BCUT2D eigenvalue weighted by atomic mass is 16.6. The summed E-state index contributed by atoms with van der Waals surface area (Å²) in [6, 6.07) is 9.37. The van der Waals surface area contributed by atoms with Gasteiger partial charge in [0.2, 0.25) is 5.91 Å². The van der Waals surface area contributed by atoms with Crippen molar-refractivity contribution >= 4 is 17.7 Å². The number of ether oxygens (including phenoxy) is 1. The summed E-state index contributed by atoms with van der Waals surface area (Å²) >= 11 is 0. The van der Waals surface area contributed by atoms with E-state index in [-0.39, 0.29) is 17.9 Å². The van der Waals surface area contributed by atoms with Crippen LogP contribution in [0.4, 0.5) is 10.5 Å². The Morgan fingerprint density at radius 3 is 2.55 bits per heavy atom. The van der Waals surface area contributed by atoms with Crippen molar-refractivity contribution in [1.29, 1.82) is 0 Å². The maximum Gasteiger partial charge on any atom is 0.410 e. The molecule has 1 aliphatic rings. The van der Waals surface area contributed by atoms with E-state index < -0.39 is 5.60 Å². The molecule has 1 heterocycles. The summed E-state index contributed by atoms with van der Waals surface area (Å²) in [6.45, 7) is 6.58. The number of nitrogens with one attached hydrogen (secondary N) is 1. The van der Waals surface area contributed by atoms with E-state index in [0.29, 0.717) is 13.1 Å². The van der Waals surface area contributed by atoms with Crippen molar-refractivity contribution in [2.75, 3.05) is 18.4 Å². The molecule has 22 heavy (non-hydrogen) atoms. The van der Waals surface area contributed by atoms with Crippen LogP contribution in [-0.4, -0.2) is 35.6 Å². The first kappa shape index (κ1) is 16.3. The normalized spacial score (nSPS) is 18.7. The number of nitrogens with zero attached hydrogens (tertiary/aromatic N) is 1. The molecule has 120 valence electrons. The molecule has 5 heteroatoms. The van der Waals surface area contributed by atoms with Crippen LogP contribution in [0.2, 0.25) is 0 Å². The number of amides is 2. The molecule has 1 fully saturated rings. The minimum absolute atomic E-state index is 0.0422. The van der Waals surface area contributed by atoms with Crippen molar-refractivity contribution in [3.63, 3.8) is 0 Å². The Morgan fingerprint density at radius 2 is 1.91 bits per heavy atom. The lowest BCUT2D eigenvalue weighted by molar-refractivity contribution is -0.121. The number of carbonyl (C=O) groups excluding carboxylic acids is 2. The van der Waals surface area contributed by atoms with Crippen LogP contribution < -0.4 is 5.32 Å². The summed E-state index contributed by atoms with van der Waals surface area (Å²) in [5, 5.41) is 2.90. The SMILES string of the molecule is CC(C)(C)OC(=O)N1CCCC(C(=O)Nc2ccccc2)C1. The first-order valence-corrected chi connectivity index (χ1v) is 7.69. The lowest BCUT2D eigenvalue weighted by Gasteiger charge is -2.33. The van der Waals surface area contributed by atoms with Crippen molar-refractivity contribution in [3.05, 3.63) is 30.3 Å². The number of hydrogen-bond acceptors (Lipinski definition) is 3. The zero-order valence-electron chi connectivity index (χ0n) is 13.5. The lowest BCUT2D eigenvalue weighted by Crippen LogP contribution is -2.45. The van der Waals surface area contributed by atoms with Gasteiger partial charge in [-0.2, -0.15) is 0 Å². The van der Waals surface area contributed by atoms with Crippen LogP contribution in [0.5, 0.6) is 0 Å². The second-order valence-electron chi connectivity index (χ2n) is 6.62. The first-order chi connectivity index (χ1) is 10.3. The summed E-state index contributed by atoms with van der Waals surface area (Å²) in [5.74, 6) is -0.235. The molecule has 1 aromatic rings. The third-order valence-electron chi connectivity index (χ3n) is 3.49. The van der Waals surface area contributed by atoms with E-state index in [1.807, 2.05) is 51.1 Å². The Morgan fingerprint density at radius 1 is 1.23 bits per heavy atom. The number of anilines is 1. The Bertz CT molecular complexity index is 522. The summed E-state index contributed by atoms with van der Waals surface area (Å²) in [7, 11) is 0. The van der Waals surface area contributed by atoms with Gasteiger partial charge in [0, 0.05) is 18.8 Å². The number of carbonyl (C=O) groups is 2. The van der Waals surface area contributed by atoms with Crippen LogP contribution in [0.15, 0.2) is 30.3 Å². The standard InChI is InChI=1S/C17H24N2O3/c1-17(2,3)22-16(21)19-11-7-8-13(12-19)15(20)18-14-9-5-4-6-10-14/h4-6,9-10,13H,7-8,11-12H2,1-3H3,(H,18,20). The van der Waals surface area contributed by atoms with Gasteiger partial charge in [0.05, 0.1) is 5.92 Å². The number of para-hydroxylation sites is 1. The van der Waals surface area contributed by atoms with E-state index in [9.17, 15) is 9.59 Å². The van der Waals surface area contributed by atoms with Crippen LogP contribution in [0.1, 0.15) is 33.6 Å². The van der Waals surface area contributed by atoms with Gasteiger partial charge in [-0.05, 0) is 45.7 Å². The predicted octanol–water partition coefficient (Wildman–Crippen LogP) is 3.27. The molecule has 0 saturated carbocycles. The predicted molar refractivity (Wildman–Crippen MR) is 85.6 cm³/mol. The highest BCUT2D eigenvalue weighted by Gasteiger charge is 2.30. The third kappa shape index (κ3) is 4.76. The molecule has 1 aromatic carbocycles. The second kappa shape index (κ2) is 6.81. The monoisotopic (exact) mass is 304 g/mol. The van der Waals surface area contributed by atoms with Gasteiger partial charge in [-0.3, -0.25) is 4.79 Å². The van der Waals surface area contributed by atoms with Crippen molar-refractivity contribution in [1.82, 2.24) is 4.90 Å². The van der Waals surface area contributed by atoms with Crippen LogP contribution in [0, 0.1) is 5.92 Å². The molecule has 0 radical (unpaired) electrons. The largest absolute Gasteiger partial charge is 0.444 e. The summed E-state index contributed by atoms with van der Waals surface area (Å²) < 4.78 is 5.38. The average molecular weight is 304 g/mol. The maximum absolute atomic E-state index is 12.3. The fourth-order valence-corrected chi connectivity index (χ4v) is 2.45.